The molecule has 2 N–H and O–H groups in total. The minimum Gasteiger partial charge on any atom is -0.508 e. The third kappa shape index (κ3) is 3.87. The number of benzene rings is 2. The van der Waals surface area contributed by atoms with Crippen LogP contribution in [0.25, 0.3) is 11.0 Å². The van der Waals surface area contributed by atoms with Gasteiger partial charge in [0.2, 0.25) is 0 Å². The number of carbonyl (C=O) groups is 1. The van der Waals surface area contributed by atoms with Gasteiger partial charge in [-0.05, 0) is 70.0 Å². The number of phenolic OH excluding ortho intramolecular Hbond substituents is 1. The van der Waals surface area contributed by atoms with Gasteiger partial charge in [-0.1, -0.05) is 18.6 Å². The average Bonchev–Trinajstić information content (AvgIpc) is 3.02. The summed E-state index contributed by atoms with van der Waals surface area (Å²) in [6.45, 7) is 7.62. The first-order valence-electron chi connectivity index (χ1n) is 10.3. The molecule has 3 aromatic rings. The van der Waals surface area contributed by atoms with Gasteiger partial charge < -0.3 is 14.8 Å². The molecule has 0 radical (unpaired) electrons. The number of hydrogen-bond acceptors (Lipinski definition) is 4. The normalized spacial score (nSPS) is 17.6. The Morgan fingerprint density at radius 2 is 2.07 bits per heavy atom. The van der Waals surface area contributed by atoms with E-state index in [1.54, 1.807) is 19.1 Å². The van der Waals surface area contributed by atoms with Gasteiger partial charge in [0.25, 0.3) is 5.91 Å². The Hall–Kier alpha value is -2.79. The number of nitrogens with one attached hydrogen (secondary N) is 1. The fourth-order valence-electron chi connectivity index (χ4n) is 4.31. The molecule has 2 heterocycles. The molecule has 1 amide bonds. The first-order valence-corrected chi connectivity index (χ1v) is 10.3. The van der Waals surface area contributed by atoms with Crippen molar-refractivity contribution < 1.29 is 14.3 Å². The number of anilines is 1. The number of rotatable bonds is 4. The molecule has 4 rings (SSSR count). The van der Waals surface area contributed by atoms with Crippen LogP contribution in [0.5, 0.6) is 5.75 Å². The van der Waals surface area contributed by atoms with Crippen LogP contribution in [0.2, 0.25) is 0 Å². The van der Waals surface area contributed by atoms with Crippen molar-refractivity contribution in [3.63, 3.8) is 0 Å². The first kappa shape index (κ1) is 19.5. The molecule has 1 atom stereocenters. The SMILES string of the molecule is Cc1cccc(NC(=O)c2c(C)oc3ccc(O)c(CN4CCCC[C@@H]4C)c23)c1. The summed E-state index contributed by atoms with van der Waals surface area (Å²) in [5, 5.41) is 14.4. The summed E-state index contributed by atoms with van der Waals surface area (Å²) in [6.07, 6.45) is 3.55. The van der Waals surface area contributed by atoms with Crippen molar-refractivity contribution in [3.8, 4) is 5.75 Å². The topological polar surface area (TPSA) is 65.7 Å². The monoisotopic (exact) mass is 392 g/mol. The lowest BCUT2D eigenvalue weighted by atomic mass is 9.99. The van der Waals surface area contributed by atoms with E-state index < -0.39 is 0 Å². The smallest absolute Gasteiger partial charge is 0.259 e. The molecule has 1 aliphatic heterocycles. The van der Waals surface area contributed by atoms with Crippen LogP contribution in [0.15, 0.2) is 40.8 Å². The zero-order valence-electron chi connectivity index (χ0n) is 17.3. The van der Waals surface area contributed by atoms with Gasteiger partial charge in [0, 0.05) is 29.2 Å². The van der Waals surface area contributed by atoms with Crippen LogP contribution in [0.1, 0.15) is 53.4 Å². The largest absolute Gasteiger partial charge is 0.508 e. The fourth-order valence-corrected chi connectivity index (χ4v) is 4.31. The highest BCUT2D eigenvalue weighted by Gasteiger charge is 2.26. The van der Waals surface area contributed by atoms with Crippen molar-refractivity contribution in [2.45, 2.75) is 52.6 Å². The highest BCUT2D eigenvalue weighted by atomic mass is 16.3. The van der Waals surface area contributed by atoms with E-state index in [4.69, 9.17) is 4.42 Å². The Kier molecular flexibility index (Phi) is 5.33. The van der Waals surface area contributed by atoms with Crippen LogP contribution in [0, 0.1) is 13.8 Å². The Morgan fingerprint density at radius 3 is 2.83 bits per heavy atom. The van der Waals surface area contributed by atoms with E-state index in [1.165, 1.54) is 6.42 Å². The molecule has 1 fully saturated rings. The molecule has 29 heavy (non-hydrogen) atoms. The van der Waals surface area contributed by atoms with E-state index in [9.17, 15) is 9.90 Å². The van der Waals surface area contributed by atoms with E-state index in [2.05, 4.69) is 17.1 Å². The second-order valence-electron chi connectivity index (χ2n) is 8.11. The summed E-state index contributed by atoms with van der Waals surface area (Å²) in [5.74, 6) is 0.551. The molecule has 1 aliphatic rings. The Morgan fingerprint density at radius 1 is 1.24 bits per heavy atom. The van der Waals surface area contributed by atoms with E-state index in [0.717, 1.165) is 36.2 Å². The first-order chi connectivity index (χ1) is 13.9. The van der Waals surface area contributed by atoms with Crippen molar-refractivity contribution in [1.82, 2.24) is 4.90 Å². The average molecular weight is 392 g/mol. The Balaban J connectivity index is 1.74. The number of fused-ring (bicyclic) bond motifs is 1. The summed E-state index contributed by atoms with van der Waals surface area (Å²) in [6, 6.07) is 11.6. The third-order valence-corrected chi connectivity index (χ3v) is 5.92. The van der Waals surface area contributed by atoms with Crippen LogP contribution in [0.3, 0.4) is 0 Å². The van der Waals surface area contributed by atoms with Crippen LogP contribution >= 0.6 is 0 Å². The van der Waals surface area contributed by atoms with Crippen LogP contribution < -0.4 is 5.32 Å². The highest BCUT2D eigenvalue weighted by Crippen LogP contribution is 2.36. The van der Waals surface area contributed by atoms with E-state index in [1.807, 2.05) is 31.2 Å². The number of aryl methyl sites for hydroxylation is 2. The minimum atomic E-state index is -0.217. The highest BCUT2D eigenvalue weighted by molar-refractivity contribution is 6.14. The number of carbonyl (C=O) groups excluding carboxylic acids is 1. The maximum Gasteiger partial charge on any atom is 0.259 e. The lowest BCUT2D eigenvalue weighted by molar-refractivity contribution is 0.102. The van der Waals surface area contributed by atoms with Gasteiger partial charge in [-0.2, -0.15) is 0 Å². The molecule has 0 saturated carbocycles. The van der Waals surface area contributed by atoms with Crippen molar-refractivity contribution in [1.29, 1.82) is 0 Å². The summed E-state index contributed by atoms with van der Waals surface area (Å²) in [5.41, 5.74) is 3.72. The van der Waals surface area contributed by atoms with Gasteiger partial charge in [0.15, 0.2) is 0 Å². The molecule has 0 bridgehead atoms. The summed E-state index contributed by atoms with van der Waals surface area (Å²) in [4.78, 5) is 15.6. The van der Waals surface area contributed by atoms with Crippen molar-refractivity contribution >= 4 is 22.6 Å². The van der Waals surface area contributed by atoms with Gasteiger partial charge >= 0.3 is 0 Å². The number of furan rings is 1. The summed E-state index contributed by atoms with van der Waals surface area (Å²) >= 11 is 0. The van der Waals surface area contributed by atoms with Crippen molar-refractivity contribution in [2.24, 2.45) is 0 Å². The second-order valence-corrected chi connectivity index (χ2v) is 8.11. The van der Waals surface area contributed by atoms with E-state index >= 15 is 0 Å². The predicted octanol–water partition coefficient (Wildman–Crippen LogP) is 5.38. The van der Waals surface area contributed by atoms with E-state index in [0.29, 0.717) is 34.9 Å². The Bertz CT molecular complexity index is 1050. The molecule has 1 aromatic heterocycles. The lowest BCUT2D eigenvalue weighted by Crippen LogP contribution is -2.36. The van der Waals surface area contributed by atoms with Crippen LogP contribution in [0.4, 0.5) is 5.69 Å². The molecule has 0 spiro atoms. The maximum atomic E-state index is 13.2. The molecule has 0 aliphatic carbocycles. The number of aromatic hydroxyl groups is 1. The zero-order valence-corrected chi connectivity index (χ0v) is 17.3. The number of amides is 1. The maximum absolute atomic E-state index is 13.2. The number of likely N-dealkylation sites (tertiary alicyclic amines) is 1. The van der Waals surface area contributed by atoms with Crippen molar-refractivity contribution in [3.05, 3.63) is 58.8 Å². The predicted molar refractivity (Wildman–Crippen MR) is 115 cm³/mol. The number of nitrogens with zero attached hydrogens (tertiary/aromatic N) is 1. The molecule has 0 unspecified atom stereocenters. The van der Waals surface area contributed by atoms with E-state index in [-0.39, 0.29) is 11.7 Å². The Labute approximate surface area is 171 Å². The van der Waals surface area contributed by atoms with Gasteiger partial charge in [-0.3, -0.25) is 9.69 Å². The molecular formula is C24H28N2O3. The lowest BCUT2D eigenvalue weighted by Gasteiger charge is -2.33. The number of hydrogen-bond donors (Lipinski definition) is 2. The van der Waals surface area contributed by atoms with Gasteiger partial charge in [-0.25, -0.2) is 0 Å². The second kappa shape index (κ2) is 7.91. The van der Waals surface area contributed by atoms with Crippen LogP contribution in [-0.2, 0) is 6.54 Å². The van der Waals surface area contributed by atoms with Crippen LogP contribution in [-0.4, -0.2) is 28.5 Å². The molecular weight excluding hydrogens is 364 g/mol. The molecule has 2 aromatic carbocycles. The third-order valence-electron chi connectivity index (χ3n) is 5.92. The minimum absolute atomic E-state index is 0.209. The summed E-state index contributed by atoms with van der Waals surface area (Å²) < 4.78 is 5.90. The van der Waals surface area contributed by atoms with Gasteiger partial charge in [-0.15, -0.1) is 0 Å². The molecule has 1 saturated heterocycles. The molecule has 152 valence electrons. The summed E-state index contributed by atoms with van der Waals surface area (Å²) in [7, 11) is 0. The molecule has 5 nitrogen and oxygen atoms in total. The fraction of sp³-hybridized carbons (Fsp3) is 0.375. The van der Waals surface area contributed by atoms with Gasteiger partial charge in [0.05, 0.1) is 5.56 Å². The van der Waals surface area contributed by atoms with Gasteiger partial charge in [0.1, 0.15) is 17.1 Å². The number of phenols is 1. The number of piperidine rings is 1. The molecule has 5 heteroatoms. The quantitative estimate of drug-likeness (QED) is 0.625. The standard InChI is InChI=1S/C24H28N2O3/c1-15-7-6-9-18(13-15)25-24(28)22-17(3)29-21-11-10-20(27)19(23(21)22)14-26-12-5-4-8-16(26)2/h6-7,9-11,13,16,27H,4-5,8,12,14H2,1-3H3,(H,25,28)/t16-/m0/s1. The van der Waals surface area contributed by atoms with Crippen molar-refractivity contribution in [2.75, 3.05) is 11.9 Å². The zero-order chi connectivity index (χ0) is 20.5.